The molecular weight excluding hydrogens is 367 g/mol. The Bertz CT molecular complexity index is 776. The molecule has 5 heteroatoms. The van der Waals surface area contributed by atoms with Crippen LogP contribution in [0.5, 0.6) is 0 Å². The number of piperidine rings is 1. The number of amides is 1. The lowest BCUT2D eigenvalue weighted by Gasteiger charge is -2.61. The van der Waals surface area contributed by atoms with E-state index >= 15 is 0 Å². The van der Waals surface area contributed by atoms with Crippen LogP contribution >= 0.6 is 0 Å². The van der Waals surface area contributed by atoms with E-state index in [9.17, 15) is 14.3 Å². The van der Waals surface area contributed by atoms with Crippen molar-refractivity contribution in [2.75, 3.05) is 19.6 Å². The van der Waals surface area contributed by atoms with Gasteiger partial charge in [0.15, 0.2) is 0 Å². The molecule has 2 saturated heterocycles. The summed E-state index contributed by atoms with van der Waals surface area (Å²) in [5.74, 6) is 1.62. The van der Waals surface area contributed by atoms with Gasteiger partial charge in [-0.25, -0.2) is 4.39 Å². The molecule has 4 saturated carbocycles. The molecule has 3 unspecified atom stereocenters. The highest BCUT2D eigenvalue weighted by molar-refractivity contribution is 5.86. The van der Waals surface area contributed by atoms with Crippen molar-refractivity contribution in [1.82, 2.24) is 9.80 Å². The molecule has 157 valence electrons. The first-order valence-corrected chi connectivity index (χ1v) is 11.6. The van der Waals surface area contributed by atoms with Crippen molar-refractivity contribution >= 4 is 5.91 Å². The second-order valence-electron chi connectivity index (χ2n) is 10.8. The summed E-state index contributed by atoms with van der Waals surface area (Å²) in [5.41, 5.74) is 0.335. The predicted octanol–water partition coefficient (Wildman–Crippen LogP) is 3.59. The average Bonchev–Trinajstić information content (AvgIpc) is 3.02. The molecule has 1 N–H and O–H groups in total. The maximum atomic E-state index is 14.4. The topological polar surface area (TPSA) is 43.8 Å². The fourth-order valence-corrected chi connectivity index (χ4v) is 8.09. The summed E-state index contributed by atoms with van der Waals surface area (Å²) in [4.78, 5) is 18.3. The number of hydrogen-bond acceptors (Lipinski definition) is 3. The van der Waals surface area contributed by atoms with Gasteiger partial charge in [-0.15, -0.1) is 0 Å². The van der Waals surface area contributed by atoms with E-state index in [1.807, 2.05) is 12.5 Å². The number of allylic oxidation sites excluding steroid dienone is 3. The molecule has 7 aliphatic rings. The van der Waals surface area contributed by atoms with Crippen molar-refractivity contribution in [3.63, 3.8) is 0 Å². The van der Waals surface area contributed by atoms with Gasteiger partial charge < -0.3 is 14.9 Å². The third-order valence-corrected chi connectivity index (χ3v) is 9.15. The van der Waals surface area contributed by atoms with Crippen LogP contribution in [-0.2, 0) is 4.79 Å². The smallest absolute Gasteiger partial charge is 0.231 e. The minimum atomic E-state index is -0.345. The number of carbonyl (C=O) groups is 1. The molecule has 1 amide bonds. The molecule has 6 fully saturated rings. The summed E-state index contributed by atoms with van der Waals surface area (Å²) in [6, 6.07) is 0. The second kappa shape index (κ2) is 6.32. The lowest BCUT2D eigenvalue weighted by molar-refractivity contribution is -0.168. The van der Waals surface area contributed by atoms with Crippen LogP contribution in [0.3, 0.4) is 0 Å². The summed E-state index contributed by atoms with van der Waals surface area (Å²) in [6.07, 6.45) is 14.2. The first kappa shape index (κ1) is 18.4. The molecule has 2 aliphatic heterocycles. The molecule has 1 spiro atoms. The first-order valence-electron chi connectivity index (χ1n) is 11.6. The monoisotopic (exact) mass is 399 g/mol. The Morgan fingerprint density at radius 1 is 1.10 bits per heavy atom. The fraction of sp³-hybridized carbons (Fsp3) is 0.750. The van der Waals surface area contributed by atoms with Gasteiger partial charge in [-0.3, -0.25) is 4.79 Å². The van der Waals surface area contributed by atoms with Gasteiger partial charge in [-0.2, -0.15) is 0 Å². The normalized spacial score (nSPS) is 46.5. The molecule has 7 rings (SSSR count). The lowest BCUT2D eigenvalue weighted by Crippen LogP contribution is -2.65. The number of halogens is 1. The minimum absolute atomic E-state index is 0.0111. The maximum absolute atomic E-state index is 14.4. The van der Waals surface area contributed by atoms with E-state index in [4.69, 9.17) is 0 Å². The molecule has 4 bridgehead atoms. The zero-order valence-electron chi connectivity index (χ0n) is 17.2. The molecule has 4 nitrogen and oxygen atoms in total. The van der Waals surface area contributed by atoms with Crippen LogP contribution in [0.25, 0.3) is 0 Å². The van der Waals surface area contributed by atoms with E-state index in [2.05, 4.69) is 9.80 Å². The Morgan fingerprint density at radius 2 is 1.90 bits per heavy atom. The molecular formula is C24H32FN2O2. The number of rotatable bonds is 2. The SMILES string of the molecule is O=C1N(C23CC4CC(C2)C(O)C(C4)C3)CCC12CCCN(C1=CC[CH]C=C1F)C2. The predicted molar refractivity (Wildman–Crippen MR) is 108 cm³/mol. The molecule has 3 atom stereocenters. The van der Waals surface area contributed by atoms with Crippen LogP contribution < -0.4 is 0 Å². The minimum Gasteiger partial charge on any atom is -0.393 e. The number of aliphatic hydroxyl groups excluding tert-OH is 1. The summed E-state index contributed by atoms with van der Waals surface area (Å²) in [6.45, 7) is 2.34. The van der Waals surface area contributed by atoms with Crippen LogP contribution in [-0.4, -0.2) is 52.1 Å². The summed E-state index contributed by atoms with van der Waals surface area (Å²) >= 11 is 0. The van der Waals surface area contributed by atoms with Crippen LogP contribution in [0, 0.1) is 29.6 Å². The molecule has 29 heavy (non-hydrogen) atoms. The summed E-state index contributed by atoms with van der Waals surface area (Å²) < 4.78 is 14.4. The van der Waals surface area contributed by atoms with Gasteiger partial charge in [-0.05, 0) is 88.0 Å². The van der Waals surface area contributed by atoms with E-state index in [0.717, 1.165) is 70.9 Å². The molecule has 0 aromatic heterocycles. The zero-order valence-corrected chi connectivity index (χ0v) is 17.2. The Labute approximate surface area is 172 Å². The van der Waals surface area contributed by atoms with Crippen LogP contribution in [0.15, 0.2) is 23.7 Å². The van der Waals surface area contributed by atoms with Gasteiger partial charge in [0.05, 0.1) is 17.2 Å². The highest BCUT2D eigenvalue weighted by Crippen LogP contribution is 2.59. The highest BCUT2D eigenvalue weighted by Gasteiger charge is 2.62. The Kier molecular flexibility index (Phi) is 4.01. The van der Waals surface area contributed by atoms with Gasteiger partial charge >= 0.3 is 0 Å². The van der Waals surface area contributed by atoms with Gasteiger partial charge in [0, 0.05) is 25.2 Å². The van der Waals surface area contributed by atoms with E-state index < -0.39 is 0 Å². The number of hydrogen-bond donors (Lipinski definition) is 1. The molecule has 2 heterocycles. The van der Waals surface area contributed by atoms with Crippen molar-refractivity contribution in [3.8, 4) is 0 Å². The highest BCUT2D eigenvalue weighted by atomic mass is 19.1. The van der Waals surface area contributed by atoms with Crippen molar-refractivity contribution in [3.05, 3.63) is 30.1 Å². The third kappa shape index (κ3) is 2.62. The fourth-order valence-electron chi connectivity index (χ4n) is 8.09. The Morgan fingerprint density at radius 3 is 2.66 bits per heavy atom. The number of aliphatic hydroxyl groups is 1. The molecule has 5 aliphatic carbocycles. The van der Waals surface area contributed by atoms with E-state index in [1.165, 1.54) is 0 Å². The standard InChI is InChI=1S/C24H32FN2O2/c25-19-4-1-2-5-20(19)26-8-3-6-23(15-26)7-9-27(22(23)29)24-12-16-10-17(13-24)21(28)18(11-16)14-24/h1,4-5,16-18,21,28H,2-3,6-15H2. The second-order valence-corrected chi connectivity index (χ2v) is 10.8. The zero-order chi connectivity index (χ0) is 19.8. The largest absolute Gasteiger partial charge is 0.393 e. The van der Waals surface area contributed by atoms with Crippen molar-refractivity contribution in [2.24, 2.45) is 23.2 Å². The van der Waals surface area contributed by atoms with Crippen LogP contribution in [0.2, 0.25) is 0 Å². The van der Waals surface area contributed by atoms with Crippen molar-refractivity contribution in [1.29, 1.82) is 0 Å². The van der Waals surface area contributed by atoms with Gasteiger partial charge in [-0.1, -0.05) is 6.08 Å². The quantitative estimate of drug-likeness (QED) is 0.772. The van der Waals surface area contributed by atoms with Crippen molar-refractivity contribution < 1.29 is 14.3 Å². The van der Waals surface area contributed by atoms with Gasteiger partial charge in [0.25, 0.3) is 0 Å². The maximum Gasteiger partial charge on any atom is 0.231 e. The van der Waals surface area contributed by atoms with E-state index in [0.29, 0.717) is 35.9 Å². The van der Waals surface area contributed by atoms with Gasteiger partial charge in [0.1, 0.15) is 5.83 Å². The van der Waals surface area contributed by atoms with E-state index in [-0.39, 0.29) is 22.9 Å². The number of nitrogens with zero attached hydrogens (tertiary/aromatic N) is 2. The van der Waals surface area contributed by atoms with Crippen molar-refractivity contribution in [2.45, 2.75) is 69.4 Å². The molecule has 1 radical (unpaired) electrons. The molecule has 0 aromatic carbocycles. The lowest BCUT2D eigenvalue weighted by atomic mass is 9.51. The first-order chi connectivity index (χ1) is 14.0. The number of carbonyl (C=O) groups excluding carboxylic acids is 1. The van der Waals surface area contributed by atoms with Gasteiger partial charge in [0.2, 0.25) is 5.91 Å². The number of likely N-dealkylation sites (tertiary alicyclic amines) is 2. The summed E-state index contributed by atoms with van der Waals surface area (Å²) in [7, 11) is 0. The summed E-state index contributed by atoms with van der Waals surface area (Å²) in [5, 5.41) is 10.6. The van der Waals surface area contributed by atoms with Crippen LogP contribution in [0.4, 0.5) is 4.39 Å². The Hall–Kier alpha value is -1.36. The third-order valence-electron chi connectivity index (χ3n) is 9.15. The van der Waals surface area contributed by atoms with E-state index in [1.54, 1.807) is 6.08 Å². The van der Waals surface area contributed by atoms with Crippen LogP contribution in [0.1, 0.15) is 57.8 Å². The average molecular weight is 400 g/mol. The molecule has 0 aromatic rings. The Balaban J connectivity index is 1.25.